The number of hydrogen-bond acceptors (Lipinski definition) is 4. The third kappa shape index (κ3) is 6.64. The van der Waals surface area contributed by atoms with Crippen molar-refractivity contribution >= 4 is 35.0 Å². The van der Waals surface area contributed by atoms with Gasteiger partial charge < -0.3 is 14.6 Å². The summed E-state index contributed by atoms with van der Waals surface area (Å²) in [6, 6.07) is 9.25. The zero-order valence-electron chi connectivity index (χ0n) is 17.3. The van der Waals surface area contributed by atoms with Gasteiger partial charge in [-0.1, -0.05) is 17.7 Å². The van der Waals surface area contributed by atoms with Gasteiger partial charge in [-0.15, -0.1) is 0 Å². The Kier molecular flexibility index (Phi) is 8.41. The third-order valence-corrected chi connectivity index (χ3v) is 5.70. The van der Waals surface area contributed by atoms with E-state index in [1.165, 1.54) is 30.3 Å². The molecule has 9 heteroatoms. The Hall–Kier alpha value is -2.71. The number of ether oxygens (including phenoxy) is 2. The van der Waals surface area contributed by atoms with Crippen molar-refractivity contribution in [3.05, 3.63) is 59.1 Å². The summed E-state index contributed by atoms with van der Waals surface area (Å²) in [7, 11) is 0. The maximum atomic E-state index is 14.0. The number of carboxylic acids is 1. The number of halogens is 3. The first-order chi connectivity index (χ1) is 15.3. The number of benzene rings is 2. The maximum Gasteiger partial charge on any atom is 0.418 e. The van der Waals surface area contributed by atoms with E-state index in [1.807, 2.05) is 0 Å². The molecule has 6 nitrogen and oxygen atoms in total. The topological polar surface area (TPSA) is 76.1 Å². The van der Waals surface area contributed by atoms with Gasteiger partial charge in [-0.25, -0.2) is 23.3 Å². The Morgan fingerprint density at radius 3 is 2.28 bits per heavy atom. The molecule has 32 heavy (non-hydrogen) atoms. The zero-order chi connectivity index (χ0) is 23.1. The van der Waals surface area contributed by atoms with Crippen molar-refractivity contribution in [3.8, 4) is 0 Å². The average Bonchev–Trinajstić information content (AvgIpc) is 2.76. The van der Waals surface area contributed by atoms with Gasteiger partial charge in [-0.3, -0.25) is 0 Å². The van der Waals surface area contributed by atoms with Crippen LogP contribution in [0.25, 0.3) is 0 Å². The number of hydrogen-bond donors (Lipinski definition) is 1. The second-order valence-corrected chi connectivity index (χ2v) is 8.19. The predicted octanol–water partition coefficient (Wildman–Crippen LogP) is 5.80. The van der Waals surface area contributed by atoms with Crippen LogP contribution >= 0.6 is 11.6 Å². The van der Waals surface area contributed by atoms with Crippen molar-refractivity contribution in [2.24, 2.45) is 11.8 Å². The summed E-state index contributed by atoms with van der Waals surface area (Å²) < 4.78 is 38.5. The Morgan fingerprint density at radius 2 is 1.66 bits per heavy atom. The average molecular weight is 468 g/mol. The van der Waals surface area contributed by atoms with Gasteiger partial charge >= 0.3 is 12.1 Å². The van der Waals surface area contributed by atoms with Crippen LogP contribution in [0.3, 0.4) is 0 Å². The molecule has 1 fully saturated rings. The second kappa shape index (κ2) is 11.2. The normalized spacial score (nSPS) is 18.2. The van der Waals surface area contributed by atoms with Gasteiger partial charge in [-0.2, -0.15) is 0 Å². The summed E-state index contributed by atoms with van der Waals surface area (Å²) in [6.45, 7) is 0.260. The van der Waals surface area contributed by atoms with Crippen LogP contribution in [0, 0.1) is 23.5 Å². The molecule has 0 heterocycles. The summed E-state index contributed by atoms with van der Waals surface area (Å²) in [5.41, 5.74) is 0.373. The number of carbonyl (C=O) groups excluding carboxylic acids is 1. The summed E-state index contributed by atoms with van der Waals surface area (Å²) in [6.07, 6.45) is 2.56. The lowest BCUT2D eigenvalue weighted by Gasteiger charge is -2.29. The molecule has 0 spiro atoms. The first-order valence-corrected chi connectivity index (χ1v) is 10.7. The molecule has 0 saturated heterocycles. The molecule has 0 atom stereocenters. The number of nitrogens with zero attached hydrogens (tertiary/aromatic N) is 1. The molecule has 0 bridgehead atoms. The van der Waals surface area contributed by atoms with Gasteiger partial charge in [-0.05, 0) is 73.9 Å². The smallest absolute Gasteiger partial charge is 0.418 e. The highest BCUT2D eigenvalue weighted by Crippen LogP contribution is 2.32. The predicted molar refractivity (Wildman–Crippen MR) is 115 cm³/mol. The lowest BCUT2D eigenvalue weighted by Crippen LogP contribution is -2.30. The molecule has 1 aliphatic rings. The first-order valence-electron chi connectivity index (χ1n) is 10.3. The molecular formula is C23H24ClF2NO5. The highest BCUT2D eigenvalue weighted by molar-refractivity contribution is 6.30. The highest BCUT2D eigenvalue weighted by atomic mass is 35.5. The second-order valence-electron chi connectivity index (χ2n) is 7.79. The molecule has 0 unspecified atom stereocenters. The largest absolute Gasteiger partial charge is 0.480 e. The fraction of sp³-hybridized carbons (Fsp3) is 0.391. The van der Waals surface area contributed by atoms with Crippen molar-refractivity contribution in [3.63, 3.8) is 0 Å². The van der Waals surface area contributed by atoms with Crippen LogP contribution in [0.1, 0.15) is 25.7 Å². The Bertz CT molecular complexity index is 950. The molecule has 2 aromatic rings. The molecule has 1 N–H and O–H groups in total. The number of carbonyl (C=O) groups is 2. The van der Waals surface area contributed by atoms with Crippen LogP contribution < -0.4 is 4.90 Å². The van der Waals surface area contributed by atoms with Gasteiger partial charge in [0.15, 0.2) is 0 Å². The monoisotopic (exact) mass is 467 g/mol. The lowest BCUT2D eigenvalue weighted by atomic mass is 9.83. The van der Waals surface area contributed by atoms with Gasteiger partial charge in [0, 0.05) is 0 Å². The molecular weight excluding hydrogens is 444 g/mol. The first kappa shape index (κ1) is 23.9. The quantitative estimate of drug-likeness (QED) is 0.531. The molecule has 0 aliphatic heterocycles. The third-order valence-electron chi connectivity index (χ3n) is 5.40. The fourth-order valence-electron chi connectivity index (χ4n) is 3.73. The molecule has 2 aromatic carbocycles. The minimum Gasteiger partial charge on any atom is -0.480 e. The summed E-state index contributed by atoms with van der Waals surface area (Å²) in [5, 5.41) is 8.54. The van der Waals surface area contributed by atoms with Crippen LogP contribution in [0.4, 0.5) is 25.0 Å². The zero-order valence-corrected chi connectivity index (χ0v) is 18.1. The fourth-order valence-corrected chi connectivity index (χ4v) is 3.85. The van der Waals surface area contributed by atoms with Crippen molar-refractivity contribution in [2.75, 3.05) is 24.7 Å². The van der Waals surface area contributed by atoms with Gasteiger partial charge in [0.2, 0.25) is 0 Å². The van der Waals surface area contributed by atoms with E-state index in [9.17, 15) is 18.4 Å². The Morgan fingerprint density at radius 1 is 1.00 bits per heavy atom. The van der Waals surface area contributed by atoms with Crippen molar-refractivity contribution in [1.29, 1.82) is 0 Å². The molecule has 0 aromatic heterocycles. The van der Waals surface area contributed by atoms with E-state index in [-0.39, 0.29) is 41.4 Å². The SMILES string of the molecule is O=C(O)COCC1CCC(COC(=O)N(c2cccc(F)c2)c2ccc(Cl)c(F)c2)CC1. The van der Waals surface area contributed by atoms with Gasteiger partial charge in [0.05, 0.1) is 29.6 Å². The van der Waals surface area contributed by atoms with Gasteiger partial charge in [0.25, 0.3) is 0 Å². The highest BCUT2D eigenvalue weighted by Gasteiger charge is 2.26. The van der Waals surface area contributed by atoms with Crippen LogP contribution in [-0.2, 0) is 14.3 Å². The Labute approximate surface area is 189 Å². The number of rotatable bonds is 8. The van der Waals surface area contributed by atoms with E-state index in [0.29, 0.717) is 6.61 Å². The molecule has 172 valence electrons. The van der Waals surface area contributed by atoms with Gasteiger partial charge in [0.1, 0.15) is 18.2 Å². The molecule has 0 radical (unpaired) electrons. The molecule has 1 amide bonds. The van der Waals surface area contributed by atoms with Crippen LogP contribution in [0.15, 0.2) is 42.5 Å². The maximum absolute atomic E-state index is 14.0. The summed E-state index contributed by atoms with van der Waals surface area (Å²) in [5.74, 6) is -1.82. The standard InChI is InChI=1S/C23H24ClF2NO5/c24-20-9-8-19(11-21(20)26)27(18-3-1-2-17(25)10-18)23(30)32-13-16-6-4-15(5-7-16)12-31-14-22(28)29/h1-3,8-11,15-16H,4-7,12-14H2,(H,28,29). The van der Waals surface area contributed by atoms with E-state index in [0.717, 1.165) is 42.7 Å². The number of amides is 1. The van der Waals surface area contributed by atoms with Crippen LogP contribution in [0.2, 0.25) is 5.02 Å². The van der Waals surface area contributed by atoms with E-state index in [2.05, 4.69) is 0 Å². The van der Waals surface area contributed by atoms with Crippen molar-refractivity contribution < 1.29 is 33.0 Å². The minimum atomic E-state index is -0.992. The summed E-state index contributed by atoms with van der Waals surface area (Å²) in [4.78, 5) is 24.5. The number of aliphatic carboxylic acids is 1. The van der Waals surface area contributed by atoms with Crippen LogP contribution in [0.5, 0.6) is 0 Å². The van der Waals surface area contributed by atoms with E-state index in [1.54, 1.807) is 0 Å². The minimum absolute atomic E-state index is 0.0922. The molecule has 3 rings (SSSR count). The lowest BCUT2D eigenvalue weighted by molar-refractivity contribution is -0.142. The van der Waals surface area contributed by atoms with Crippen molar-refractivity contribution in [1.82, 2.24) is 0 Å². The Balaban J connectivity index is 1.61. The number of anilines is 2. The van der Waals surface area contributed by atoms with Crippen LogP contribution in [-0.4, -0.2) is 37.0 Å². The summed E-state index contributed by atoms with van der Waals surface area (Å²) >= 11 is 5.75. The van der Waals surface area contributed by atoms with E-state index >= 15 is 0 Å². The van der Waals surface area contributed by atoms with E-state index < -0.39 is 23.7 Å². The van der Waals surface area contributed by atoms with E-state index in [4.69, 9.17) is 26.2 Å². The molecule has 1 saturated carbocycles. The molecule has 1 aliphatic carbocycles. The number of carboxylic acid groups (broad SMARTS) is 1. The van der Waals surface area contributed by atoms with Crippen molar-refractivity contribution in [2.45, 2.75) is 25.7 Å².